The van der Waals surface area contributed by atoms with Gasteiger partial charge in [0, 0.05) is 24.6 Å². The highest BCUT2D eigenvalue weighted by molar-refractivity contribution is 5.68. The molecule has 5 nitrogen and oxygen atoms in total. The molecule has 0 saturated carbocycles. The summed E-state index contributed by atoms with van der Waals surface area (Å²) in [5, 5.41) is 6.31. The SMILES string of the molecule is CCOc1ccccc1[C@H]1CNC[C@@H]1NC(=O)OC(C)(C)C. The molecule has 1 aliphatic heterocycles. The summed E-state index contributed by atoms with van der Waals surface area (Å²) < 4.78 is 11.1. The van der Waals surface area contributed by atoms with Crippen LogP contribution in [0.15, 0.2) is 24.3 Å². The minimum atomic E-state index is -0.491. The lowest BCUT2D eigenvalue weighted by atomic mass is 9.93. The molecule has 2 rings (SSSR count). The molecule has 2 N–H and O–H groups in total. The fourth-order valence-corrected chi connectivity index (χ4v) is 2.69. The zero-order chi connectivity index (χ0) is 16.2. The number of hydrogen-bond donors (Lipinski definition) is 2. The van der Waals surface area contributed by atoms with Crippen molar-refractivity contribution in [3.05, 3.63) is 29.8 Å². The van der Waals surface area contributed by atoms with Crippen molar-refractivity contribution in [1.29, 1.82) is 0 Å². The summed E-state index contributed by atoms with van der Waals surface area (Å²) in [6, 6.07) is 8.00. The van der Waals surface area contributed by atoms with Crippen molar-refractivity contribution >= 4 is 6.09 Å². The largest absolute Gasteiger partial charge is 0.494 e. The number of rotatable bonds is 4. The predicted molar refractivity (Wildman–Crippen MR) is 86.4 cm³/mol. The van der Waals surface area contributed by atoms with E-state index in [2.05, 4.69) is 16.7 Å². The Labute approximate surface area is 132 Å². The van der Waals surface area contributed by atoms with Crippen molar-refractivity contribution in [2.45, 2.75) is 45.3 Å². The number of carbonyl (C=O) groups excluding carboxylic acids is 1. The zero-order valence-electron chi connectivity index (χ0n) is 13.8. The van der Waals surface area contributed by atoms with Gasteiger partial charge in [-0.3, -0.25) is 0 Å². The Balaban J connectivity index is 2.09. The second kappa shape index (κ2) is 7.01. The highest BCUT2D eigenvalue weighted by Gasteiger charge is 2.32. The Kier molecular flexibility index (Phi) is 5.29. The standard InChI is InChI=1S/C17H26N2O3/c1-5-21-15-9-7-6-8-12(15)13-10-18-11-14(13)19-16(20)22-17(2,3)4/h6-9,13-14,18H,5,10-11H2,1-4H3,(H,19,20)/t13-,14+/m1/s1. The monoisotopic (exact) mass is 306 g/mol. The van der Waals surface area contributed by atoms with E-state index in [4.69, 9.17) is 9.47 Å². The molecule has 0 bridgehead atoms. The highest BCUT2D eigenvalue weighted by atomic mass is 16.6. The van der Waals surface area contributed by atoms with Gasteiger partial charge in [-0.2, -0.15) is 0 Å². The molecule has 122 valence electrons. The van der Waals surface area contributed by atoms with E-state index in [-0.39, 0.29) is 18.1 Å². The quantitative estimate of drug-likeness (QED) is 0.898. The molecule has 22 heavy (non-hydrogen) atoms. The van der Waals surface area contributed by atoms with Crippen molar-refractivity contribution in [2.24, 2.45) is 0 Å². The third kappa shape index (κ3) is 4.37. The molecule has 1 aliphatic rings. The van der Waals surface area contributed by atoms with Crippen LogP contribution in [0.1, 0.15) is 39.2 Å². The summed E-state index contributed by atoms with van der Waals surface area (Å²) in [5.41, 5.74) is 0.630. The molecule has 5 heteroatoms. The fourth-order valence-electron chi connectivity index (χ4n) is 2.69. The first-order valence-corrected chi connectivity index (χ1v) is 7.82. The molecule has 0 spiro atoms. The molecular formula is C17H26N2O3. The highest BCUT2D eigenvalue weighted by Crippen LogP contribution is 2.31. The van der Waals surface area contributed by atoms with E-state index in [1.165, 1.54) is 0 Å². The number of carbonyl (C=O) groups is 1. The van der Waals surface area contributed by atoms with E-state index in [0.29, 0.717) is 6.61 Å². The van der Waals surface area contributed by atoms with Crippen molar-refractivity contribution < 1.29 is 14.3 Å². The van der Waals surface area contributed by atoms with Gasteiger partial charge >= 0.3 is 6.09 Å². The summed E-state index contributed by atoms with van der Waals surface area (Å²) in [4.78, 5) is 12.0. The smallest absolute Gasteiger partial charge is 0.407 e. The van der Waals surface area contributed by atoms with E-state index in [9.17, 15) is 4.79 Å². The van der Waals surface area contributed by atoms with Crippen LogP contribution in [0.4, 0.5) is 4.79 Å². The Bertz CT molecular complexity index is 511. The molecule has 0 aliphatic carbocycles. The van der Waals surface area contributed by atoms with Gasteiger partial charge in [0.25, 0.3) is 0 Å². The van der Waals surface area contributed by atoms with Gasteiger partial charge in [0.05, 0.1) is 12.6 Å². The predicted octanol–water partition coefficient (Wildman–Crippen LogP) is 2.67. The molecule has 0 aromatic heterocycles. The fraction of sp³-hybridized carbons (Fsp3) is 0.588. The van der Waals surface area contributed by atoms with Crippen LogP contribution in [0.25, 0.3) is 0 Å². The van der Waals surface area contributed by atoms with Crippen LogP contribution in [0, 0.1) is 0 Å². The van der Waals surface area contributed by atoms with Crippen molar-refractivity contribution in [3.8, 4) is 5.75 Å². The molecule has 0 unspecified atom stereocenters. The van der Waals surface area contributed by atoms with Crippen LogP contribution in [0.2, 0.25) is 0 Å². The summed E-state index contributed by atoms with van der Waals surface area (Å²) in [7, 11) is 0. The first kappa shape index (κ1) is 16.6. The van der Waals surface area contributed by atoms with Crippen LogP contribution in [0.3, 0.4) is 0 Å². The molecule has 1 amide bonds. The number of para-hydroxylation sites is 1. The van der Waals surface area contributed by atoms with Crippen molar-refractivity contribution in [2.75, 3.05) is 19.7 Å². The average molecular weight is 306 g/mol. The third-order valence-corrected chi connectivity index (χ3v) is 3.53. The zero-order valence-corrected chi connectivity index (χ0v) is 13.8. The number of benzene rings is 1. The van der Waals surface area contributed by atoms with Gasteiger partial charge in [-0.1, -0.05) is 18.2 Å². The van der Waals surface area contributed by atoms with E-state index < -0.39 is 5.60 Å². The molecule has 1 saturated heterocycles. The van der Waals surface area contributed by atoms with Crippen LogP contribution >= 0.6 is 0 Å². The van der Waals surface area contributed by atoms with Crippen LogP contribution in [-0.4, -0.2) is 37.4 Å². The Morgan fingerprint density at radius 1 is 1.32 bits per heavy atom. The first-order chi connectivity index (χ1) is 10.4. The van der Waals surface area contributed by atoms with Gasteiger partial charge in [0.15, 0.2) is 0 Å². The van der Waals surface area contributed by atoms with E-state index >= 15 is 0 Å². The minimum absolute atomic E-state index is 0.00328. The molecular weight excluding hydrogens is 280 g/mol. The molecule has 1 fully saturated rings. The summed E-state index contributed by atoms with van der Waals surface area (Å²) in [5.74, 6) is 1.06. The van der Waals surface area contributed by atoms with Gasteiger partial charge in [-0.15, -0.1) is 0 Å². The number of hydrogen-bond acceptors (Lipinski definition) is 4. The summed E-state index contributed by atoms with van der Waals surface area (Å²) in [6.07, 6.45) is -0.375. The van der Waals surface area contributed by atoms with Crippen LogP contribution in [0.5, 0.6) is 5.75 Å². The van der Waals surface area contributed by atoms with E-state index in [0.717, 1.165) is 24.4 Å². The third-order valence-electron chi connectivity index (χ3n) is 3.53. The lowest BCUT2D eigenvalue weighted by Gasteiger charge is -2.25. The van der Waals surface area contributed by atoms with Crippen LogP contribution in [-0.2, 0) is 4.74 Å². The van der Waals surface area contributed by atoms with Gasteiger partial charge in [-0.25, -0.2) is 4.79 Å². The molecule has 2 atom stereocenters. The molecule has 1 aromatic carbocycles. The Morgan fingerprint density at radius 2 is 2.05 bits per heavy atom. The second-order valence-corrected chi connectivity index (χ2v) is 6.49. The molecule has 1 aromatic rings. The van der Waals surface area contributed by atoms with Gasteiger partial charge in [0.1, 0.15) is 11.4 Å². The topological polar surface area (TPSA) is 59.6 Å². The number of amides is 1. The normalized spacial score (nSPS) is 21.5. The summed E-state index contributed by atoms with van der Waals surface area (Å²) in [6.45, 7) is 9.72. The van der Waals surface area contributed by atoms with Gasteiger partial charge < -0.3 is 20.1 Å². The van der Waals surface area contributed by atoms with Gasteiger partial charge in [0.2, 0.25) is 0 Å². The summed E-state index contributed by atoms with van der Waals surface area (Å²) >= 11 is 0. The van der Waals surface area contributed by atoms with E-state index in [1.54, 1.807) is 0 Å². The van der Waals surface area contributed by atoms with Gasteiger partial charge in [-0.05, 0) is 33.8 Å². The maximum absolute atomic E-state index is 12.0. The van der Waals surface area contributed by atoms with E-state index in [1.807, 2.05) is 45.9 Å². The van der Waals surface area contributed by atoms with Crippen LogP contribution < -0.4 is 15.4 Å². The second-order valence-electron chi connectivity index (χ2n) is 6.49. The Hall–Kier alpha value is -1.75. The first-order valence-electron chi connectivity index (χ1n) is 7.82. The van der Waals surface area contributed by atoms with Crippen molar-refractivity contribution in [1.82, 2.24) is 10.6 Å². The molecule has 0 radical (unpaired) electrons. The lowest BCUT2D eigenvalue weighted by Crippen LogP contribution is -2.42. The lowest BCUT2D eigenvalue weighted by molar-refractivity contribution is 0.0504. The average Bonchev–Trinajstić information content (AvgIpc) is 2.85. The maximum Gasteiger partial charge on any atom is 0.407 e. The Morgan fingerprint density at radius 3 is 2.73 bits per heavy atom. The minimum Gasteiger partial charge on any atom is -0.494 e. The number of nitrogens with one attached hydrogen (secondary N) is 2. The number of alkyl carbamates (subject to hydrolysis) is 1. The maximum atomic E-state index is 12.0. The number of ether oxygens (including phenoxy) is 2. The molecule has 1 heterocycles. The van der Waals surface area contributed by atoms with Crippen molar-refractivity contribution in [3.63, 3.8) is 0 Å².